The summed E-state index contributed by atoms with van der Waals surface area (Å²) in [7, 11) is 1.96. The Hall–Kier alpha value is -2.40. The van der Waals surface area contributed by atoms with Crippen LogP contribution in [0, 0.1) is 0 Å². The van der Waals surface area contributed by atoms with E-state index in [0.717, 1.165) is 32.1 Å². The summed E-state index contributed by atoms with van der Waals surface area (Å²) in [6.07, 6.45) is 5.68. The summed E-state index contributed by atoms with van der Waals surface area (Å²) in [6.45, 7) is 8.05. The molecule has 1 atom stereocenters. The summed E-state index contributed by atoms with van der Waals surface area (Å²) < 4.78 is 0. The van der Waals surface area contributed by atoms with Crippen LogP contribution in [-0.2, 0) is 0 Å². The molecule has 5 heteroatoms. The lowest BCUT2D eigenvalue weighted by Crippen LogP contribution is -2.27. The Balaban J connectivity index is 2.09. The van der Waals surface area contributed by atoms with Crippen molar-refractivity contribution in [2.45, 2.75) is 20.0 Å². The van der Waals surface area contributed by atoms with Gasteiger partial charge in [0.05, 0.1) is 22.8 Å². The lowest BCUT2D eigenvalue weighted by Gasteiger charge is -2.20. The third kappa shape index (κ3) is 3.74. The molecule has 1 aromatic carbocycles. The number of fused-ring (bicyclic) bond motifs is 1. The van der Waals surface area contributed by atoms with Gasteiger partial charge in [0.25, 0.3) is 0 Å². The van der Waals surface area contributed by atoms with Crippen molar-refractivity contribution >= 4 is 34.6 Å². The summed E-state index contributed by atoms with van der Waals surface area (Å²) in [5, 5.41) is 3.05. The highest BCUT2D eigenvalue weighted by molar-refractivity contribution is 8.06. The van der Waals surface area contributed by atoms with Gasteiger partial charge in [0.1, 0.15) is 6.17 Å². The number of hydrogen-bond donors (Lipinski definition) is 0. The Morgan fingerprint density at radius 3 is 2.75 bits per heavy atom. The van der Waals surface area contributed by atoms with E-state index in [2.05, 4.69) is 40.8 Å². The Labute approximate surface area is 146 Å². The molecule has 0 bridgehead atoms. The van der Waals surface area contributed by atoms with Crippen LogP contribution < -0.4 is 0 Å². The van der Waals surface area contributed by atoms with Crippen LogP contribution in [0.4, 0.5) is 0 Å². The highest BCUT2D eigenvalue weighted by atomic mass is 32.2. The number of thioether (sulfide) groups is 1. The van der Waals surface area contributed by atoms with Gasteiger partial charge in [-0.2, -0.15) is 0 Å². The molecule has 24 heavy (non-hydrogen) atoms. The van der Waals surface area contributed by atoms with E-state index in [0.29, 0.717) is 0 Å². The summed E-state index contributed by atoms with van der Waals surface area (Å²) in [6, 6.07) is 10.3. The Morgan fingerprint density at radius 1 is 1.21 bits per heavy atom. The third-order valence-corrected chi connectivity index (χ3v) is 4.59. The van der Waals surface area contributed by atoms with Crippen molar-refractivity contribution < 1.29 is 0 Å². The zero-order valence-electron chi connectivity index (χ0n) is 14.1. The lowest BCUT2D eigenvalue weighted by atomic mass is 10.1. The Bertz CT molecular complexity index is 867. The van der Waals surface area contributed by atoms with E-state index in [-0.39, 0.29) is 6.17 Å². The van der Waals surface area contributed by atoms with E-state index in [4.69, 9.17) is 4.99 Å². The Kier molecular flexibility index (Phi) is 4.81. The molecule has 2 heterocycles. The van der Waals surface area contributed by atoms with Gasteiger partial charge in [-0.25, -0.2) is 4.99 Å². The molecule has 1 unspecified atom stereocenters. The minimum Gasteiger partial charge on any atom is -0.344 e. The van der Waals surface area contributed by atoms with Crippen LogP contribution in [0.15, 0.2) is 69.1 Å². The number of aromatic nitrogens is 1. The SMILES string of the molecule is C=C1N=CN(C)C(C)N=C(c2cc3ccccc3cn2)/C=C(\C)S1. The maximum atomic E-state index is 4.84. The van der Waals surface area contributed by atoms with Crippen molar-refractivity contribution in [2.75, 3.05) is 7.05 Å². The largest absolute Gasteiger partial charge is 0.344 e. The van der Waals surface area contributed by atoms with E-state index in [1.165, 1.54) is 11.8 Å². The first-order chi connectivity index (χ1) is 11.5. The van der Waals surface area contributed by atoms with Gasteiger partial charge in [-0.3, -0.25) is 9.98 Å². The fourth-order valence-corrected chi connectivity index (χ4v) is 3.02. The fraction of sp³-hybridized carbons (Fsp3) is 0.211. The monoisotopic (exact) mass is 336 g/mol. The van der Waals surface area contributed by atoms with Crippen LogP contribution in [0.1, 0.15) is 19.5 Å². The second-order valence-electron chi connectivity index (χ2n) is 5.72. The number of allylic oxidation sites excluding steroid dienone is 2. The summed E-state index contributed by atoms with van der Waals surface area (Å²) in [4.78, 5) is 16.8. The normalized spacial score (nSPS) is 21.4. The van der Waals surface area contributed by atoms with Crippen LogP contribution in [0.3, 0.4) is 0 Å². The summed E-state index contributed by atoms with van der Waals surface area (Å²) in [5.74, 6) is 0. The average molecular weight is 336 g/mol. The molecule has 1 aromatic heterocycles. The first-order valence-corrected chi connectivity index (χ1v) is 8.59. The molecule has 2 aromatic rings. The highest BCUT2D eigenvalue weighted by Crippen LogP contribution is 2.26. The lowest BCUT2D eigenvalue weighted by molar-refractivity contribution is 0.415. The van der Waals surface area contributed by atoms with Gasteiger partial charge >= 0.3 is 0 Å². The van der Waals surface area contributed by atoms with E-state index in [1.54, 1.807) is 6.34 Å². The molecule has 0 saturated carbocycles. The molecule has 0 radical (unpaired) electrons. The second kappa shape index (κ2) is 7.01. The molecule has 1 aliphatic rings. The molecule has 0 N–H and O–H groups in total. The molecule has 0 aliphatic carbocycles. The van der Waals surface area contributed by atoms with Crippen LogP contribution >= 0.6 is 11.8 Å². The average Bonchev–Trinajstić information content (AvgIpc) is 2.57. The molecule has 1 aliphatic heterocycles. The summed E-state index contributed by atoms with van der Waals surface area (Å²) >= 11 is 1.54. The zero-order valence-corrected chi connectivity index (χ0v) is 14.9. The minimum atomic E-state index is -0.0445. The number of rotatable bonds is 1. The molecular formula is C19H20N4S. The van der Waals surface area contributed by atoms with Crippen molar-refractivity contribution in [1.29, 1.82) is 0 Å². The number of nitrogens with zero attached hydrogens (tertiary/aromatic N) is 4. The predicted octanol–water partition coefficient (Wildman–Crippen LogP) is 4.45. The zero-order chi connectivity index (χ0) is 17.1. The van der Waals surface area contributed by atoms with E-state index in [1.807, 2.05) is 44.1 Å². The molecule has 0 spiro atoms. The minimum absolute atomic E-state index is 0.0445. The first-order valence-electron chi connectivity index (χ1n) is 7.77. The van der Waals surface area contributed by atoms with Crippen molar-refractivity contribution in [2.24, 2.45) is 9.98 Å². The van der Waals surface area contributed by atoms with Gasteiger partial charge in [0.15, 0.2) is 0 Å². The van der Waals surface area contributed by atoms with Crippen molar-refractivity contribution in [3.8, 4) is 0 Å². The van der Waals surface area contributed by atoms with Crippen LogP contribution in [0.25, 0.3) is 10.8 Å². The number of pyridine rings is 1. The van der Waals surface area contributed by atoms with Crippen LogP contribution in [-0.4, -0.2) is 35.1 Å². The molecule has 0 amide bonds. The topological polar surface area (TPSA) is 40.9 Å². The number of hydrogen-bond acceptors (Lipinski definition) is 5. The smallest absolute Gasteiger partial charge is 0.119 e. The molecule has 0 fully saturated rings. The van der Waals surface area contributed by atoms with E-state index >= 15 is 0 Å². The standard InChI is InChI=1S/C19H20N4S/c1-13-9-19(22-14(2)23(4)12-21-15(3)24-13)18-10-16-7-5-6-8-17(16)11-20-18/h5-12,14H,3H2,1-2,4H3/b13-9+,21-12?,22-19?. The molecule has 3 rings (SSSR count). The van der Waals surface area contributed by atoms with Crippen molar-refractivity contribution in [1.82, 2.24) is 9.88 Å². The van der Waals surface area contributed by atoms with E-state index in [9.17, 15) is 0 Å². The van der Waals surface area contributed by atoms with Gasteiger partial charge in [-0.1, -0.05) is 42.6 Å². The van der Waals surface area contributed by atoms with Crippen LogP contribution in [0.5, 0.6) is 0 Å². The molecule has 122 valence electrons. The molecular weight excluding hydrogens is 316 g/mol. The fourth-order valence-electron chi connectivity index (χ4n) is 2.38. The van der Waals surface area contributed by atoms with Gasteiger partial charge in [0, 0.05) is 18.6 Å². The highest BCUT2D eigenvalue weighted by Gasteiger charge is 2.11. The predicted molar refractivity (Wildman–Crippen MR) is 104 cm³/mol. The van der Waals surface area contributed by atoms with Crippen molar-refractivity contribution in [3.63, 3.8) is 0 Å². The summed E-state index contributed by atoms with van der Waals surface area (Å²) in [5.41, 5.74) is 1.74. The quantitative estimate of drug-likeness (QED) is 0.772. The Morgan fingerprint density at radius 2 is 1.96 bits per heavy atom. The van der Waals surface area contributed by atoms with Gasteiger partial charge < -0.3 is 4.90 Å². The maximum Gasteiger partial charge on any atom is 0.119 e. The first kappa shape index (κ1) is 16.5. The van der Waals surface area contributed by atoms with Crippen LogP contribution in [0.2, 0.25) is 0 Å². The third-order valence-electron chi connectivity index (χ3n) is 3.81. The van der Waals surface area contributed by atoms with Gasteiger partial charge in [-0.15, -0.1) is 0 Å². The van der Waals surface area contributed by atoms with Crippen molar-refractivity contribution in [3.05, 3.63) is 64.8 Å². The maximum absolute atomic E-state index is 4.84. The molecule has 4 nitrogen and oxygen atoms in total. The van der Waals surface area contributed by atoms with E-state index < -0.39 is 0 Å². The number of benzene rings is 1. The molecule has 0 saturated heterocycles. The second-order valence-corrected chi connectivity index (χ2v) is 7.04. The van der Waals surface area contributed by atoms with Gasteiger partial charge in [0.2, 0.25) is 0 Å². The number of aliphatic imine (C=N–C) groups is 2. The van der Waals surface area contributed by atoms with Gasteiger partial charge in [-0.05, 0) is 36.3 Å².